The normalized spacial score (nSPS) is 10.1. The zero-order chi connectivity index (χ0) is 10.0. The van der Waals surface area contributed by atoms with Crippen LogP contribution in [0.25, 0.3) is 0 Å². The van der Waals surface area contributed by atoms with Crippen LogP contribution in [0.5, 0.6) is 0 Å². The number of carbonyl (C=O) groups is 1. The molecule has 70 valence electrons. The second-order valence-electron chi connectivity index (χ2n) is 3.09. The monoisotopic (exact) mass is 178 g/mol. The average Bonchev–Trinajstić information content (AvgIpc) is 2.27. The maximum atomic E-state index is 11.6. The fourth-order valence-corrected chi connectivity index (χ4v) is 1.41. The van der Waals surface area contributed by atoms with Gasteiger partial charge in [0.1, 0.15) is 0 Å². The molecule has 0 aromatic carbocycles. The van der Waals surface area contributed by atoms with E-state index in [1.807, 2.05) is 20.9 Å². The van der Waals surface area contributed by atoms with Gasteiger partial charge < -0.3 is 0 Å². The first-order valence-electron chi connectivity index (χ1n) is 4.22. The van der Waals surface area contributed by atoms with E-state index in [2.05, 4.69) is 11.7 Å². The summed E-state index contributed by atoms with van der Waals surface area (Å²) in [4.78, 5) is 11.6. The molecular weight excluding hydrogens is 164 g/mol. The van der Waals surface area contributed by atoms with Crippen LogP contribution in [0, 0.1) is 13.8 Å². The number of hydrogen-bond acceptors (Lipinski definition) is 2. The SMILES string of the molecule is C=CCC(=O)c1c(C)nn(C)c1C. The second kappa shape index (κ2) is 3.56. The lowest BCUT2D eigenvalue weighted by molar-refractivity contribution is 0.0994. The van der Waals surface area contributed by atoms with Gasteiger partial charge >= 0.3 is 0 Å². The van der Waals surface area contributed by atoms with Crippen molar-refractivity contribution in [2.45, 2.75) is 20.3 Å². The van der Waals surface area contributed by atoms with E-state index in [4.69, 9.17) is 0 Å². The van der Waals surface area contributed by atoms with Crippen molar-refractivity contribution >= 4 is 5.78 Å². The largest absolute Gasteiger partial charge is 0.294 e. The Kier molecular flexibility index (Phi) is 2.66. The molecule has 1 aromatic heterocycles. The van der Waals surface area contributed by atoms with Crippen LogP contribution in [-0.2, 0) is 7.05 Å². The Morgan fingerprint density at radius 2 is 2.23 bits per heavy atom. The minimum atomic E-state index is 0.0955. The molecule has 1 heterocycles. The third kappa shape index (κ3) is 1.69. The van der Waals surface area contributed by atoms with Gasteiger partial charge in [-0.25, -0.2) is 0 Å². The lowest BCUT2D eigenvalue weighted by atomic mass is 10.1. The third-order valence-electron chi connectivity index (χ3n) is 2.12. The Balaban J connectivity index is 3.12. The van der Waals surface area contributed by atoms with Crippen molar-refractivity contribution in [1.82, 2.24) is 9.78 Å². The van der Waals surface area contributed by atoms with Crippen LogP contribution < -0.4 is 0 Å². The molecule has 0 aliphatic heterocycles. The van der Waals surface area contributed by atoms with Crippen LogP contribution in [0.4, 0.5) is 0 Å². The van der Waals surface area contributed by atoms with Gasteiger partial charge in [0, 0.05) is 19.2 Å². The van der Waals surface area contributed by atoms with E-state index in [9.17, 15) is 4.79 Å². The summed E-state index contributed by atoms with van der Waals surface area (Å²) in [6, 6.07) is 0. The summed E-state index contributed by atoms with van der Waals surface area (Å²) >= 11 is 0. The first kappa shape index (κ1) is 9.71. The molecule has 0 N–H and O–H groups in total. The number of rotatable bonds is 3. The Morgan fingerprint density at radius 3 is 2.62 bits per heavy atom. The molecule has 0 bridgehead atoms. The minimum Gasteiger partial charge on any atom is -0.294 e. The number of allylic oxidation sites excluding steroid dienone is 1. The van der Waals surface area contributed by atoms with Gasteiger partial charge in [-0.05, 0) is 13.8 Å². The number of Topliss-reactive ketones (excluding diaryl/α,β-unsaturated/α-hetero) is 1. The molecule has 0 amide bonds. The number of hydrogen-bond donors (Lipinski definition) is 0. The van der Waals surface area contributed by atoms with Gasteiger partial charge in [0.25, 0.3) is 0 Å². The van der Waals surface area contributed by atoms with Crippen molar-refractivity contribution in [1.29, 1.82) is 0 Å². The predicted molar refractivity (Wildman–Crippen MR) is 51.8 cm³/mol. The Bertz CT molecular complexity index is 350. The van der Waals surface area contributed by atoms with Crippen molar-refractivity contribution in [2.75, 3.05) is 0 Å². The van der Waals surface area contributed by atoms with Crippen LogP contribution in [0.3, 0.4) is 0 Å². The smallest absolute Gasteiger partial charge is 0.170 e. The fraction of sp³-hybridized carbons (Fsp3) is 0.400. The van der Waals surface area contributed by atoms with Gasteiger partial charge in [-0.15, -0.1) is 6.58 Å². The van der Waals surface area contributed by atoms with Crippen molar-refractivity contribution < 1.29 is 4.79 Å². The molecule has 0 atom stereocenters. The summed E-state index contributed by atoms with van der Waals surface area (Å²) in [5.41, 5.74) is 2.46. The molecule has 0 aliphatic carbocycles. The first-order chi connectivity index (χ1) is 6.07. The van der Waals surface area contributed by atoms with Gasteiger partial charge in [0.2, 0.25) is 0 Å². The Hall–Kier alpha value is -1.38. The summed E-state index contributed by atoms with van der Waals surface area (Å²) in [6.07, 6.45) is 2.00. The molecule has 0 saturated carbocycles. The average molecular weight is 178 g/mol. The molecule has 3 heteroatoms. The van der Waals surface area contributed by atoms with E-state index in [-0.39, 0.29) is 5.78 Å². The highest BCUT2D eigenvalue weighted by atomic mass is 16.1. The number of nitrogens with zero attached hydrogens (tertiary/aromatic N) is 2. The highest BCUT2D eigenvalue weighted by Gasteiger charge is 2.15. The molecule has 1 aromatic rings. The van der Waals surface area contributed by atoms with Gasteiger partial charge in [0.15, 0.2) is 5.78 Å². The zero-order valence-electron chi connectivity index (χ0n) is 8.29. The lowest BCUT2D eigenvalue weighted by Gasteiger charge is -1.97. The van der Waals surface area contributed by atoms with Gasteiger partial charge in [-0.1, -0.05) is 6.08 Å². The van der Waals surface area contributed by atoms with Crippen LogP contribution in [0.1, 0.15) is 28.2 Å². The molecule has 0 saturated heterocycles. The Morgan fingerprint density at radius 1 is 1.62 bits per heavy atom. The molecule has 0 unspecified atom stereocenters. The van der Waals surface area contributed by atoms with Crippen LogP contribution in [-0.4, -0.2) is 15.6 Å². The molecule has 0 spiro atoms. The van der Waals surface area contributed by atoms with Crippen LogP contribution >= 0.6 is 0 Å². The van der Waals surface area contributed by atoms with Crippen molar-refractivity contribution in [3.05, 3.63) is 29.6 Å². The third-order valence-corrected chi connectivity index (χ3v) is 2.12. The van der Waals surface area contributed by atoms with Crippen LogP contribution in [0.15, 0.2) is 12.7 Å². The number of aryl methyl sites for hydroxylation is 2. The van der Waals surface area contributed by atoms with E-state index < -0.39 is 0 Å². The van der Waals surface area contributed by atoms with E-state index in [1.165, 1.54) is 0 Å². The summed E-state index contributed by atoms with van der Waals surface area (Å²) in [6.45, 7) is 7.29. The fourth-order valence-electron chi connectivity index (χ4n) is 1.41. The molecule has 0 radical (unpaired) electrons. The molecule has 3 nitrogen and oxygen atoms in total. The van der Waals surface area contributed by atoms with Crippen LogP contribution in [0.2, 0.25) is 0 Å². The standard InChI is InChI=1S/C10H14N2O/c1-5-6-9(13)10-7(2)11-12(4)8(10)3/h5H,1,6H2,2-4H3. The van der Waals surface area contributed by atoms with Crippen molar-refractivity contribution in [3.63, 3.8) is 0 Å². The van der Waals surface area contributed by atoms with E-state index in [1.54, 1.807) is 10.8 Å². The van der Waals surface area contributed by atoms with Crippen molar-refractivity contribution in [2.24, 2.45) is 7.05 Å². The first-order valence-corrected chi connectivity index (χ1v) is 4.22. The topological polar surface area (TPSA) is 34.9 Å². The molecule has 0 fully saturated rings. The number of carbonyl (C=O) groups excluding carboxylic acids is 1. The van der Waals surface area contributed by atoms with E-state index >= 15 is 0 Å². The molecular formula is C10H14N2O. The lowest BCUT2D eigenvalue weighted by Crippen LogP contribution is -2.01. The minimum absolute atomic E-state index is 0.0955. The van der Waals surface area contributed by atoms with E-state index in [0.717, 1.165) is 17.0 Å². The number of aromatic nitrogens is 2. The summed E-state index contributed by atoms with van der Waals surface area (Å²) in [7, 11) is 1.84. The van der Waals surface area contributed by atoms with Gasteiger partial charge in [-0.3, -0.25) is 9.48 Å². The maximum Gasteiger partial charge on any atom is 0.170 e. The summed E-state index contributed by atoms with van der Waals surface area (Å²) < 4.78 is 1.73. The molecule has 13 heavy (non-hydrogen) atoms. The predicted octanol–water partition coefficient (Wildman–Crippen LogP) is 1.80. The molecule has 1 rings (SSSR count). The summed E-state index contributed by atoms with van der Waals surface area (Å²) in [5, 5.41) is 4.18. The second-order valence-corrected chi connectivity index (χ2v) is 3.09. The molecule has 0 aliphatic rings. The van der Waals surface area contributed by atoms with E-state index in [0.29, 0.717) is 6.42 Å². The van der Waals surface area contributed by atoms with Gasteiger partial charge in [-0.2, -0.15) is 5.10 Å². The highest BCUT2D eigenvalue weighted by Crippen LogP contribution is 2.13. The summed E-state index contributed by atoms with van der Waals surface area (Å²) in [5.74, 6) is 0.0955. The maximum absolute atomic E-state index is 11.6. The van der Waals surface area contributed by atoms with Crippen molar-refractivity contribution in [3.8, 4) is 0 Å². The zero-order valence-corrected chi connectivity index (χ0v) is 8.29. The Labute approximate surface area is 78.1 Å². The van der Waals surface area contributed by atoms with Gasteiger partial charge in [0.05, 0.1) is 11.3 Å². The quantitative estimate of drug-likeness (QED) is 0.522. The highest BCUT2D eigenvalue weighted by molar-refractivity contribution is 5.98. The number of ketones is 1.